The van der Waals surface area contributed by atoms with Gasteiger partial charge >= 0.3 is 0 Å². The maximum Gasteiger partial charge on any atom is 0.208 e. The van der Waals surface area contributed by atoms with E-state index in [2.05, 4.69) is 24.7 Å². The smallest absolute Gasteiger partial charge is 0.208 e. The van der Waals surface area contributed by atoms with E-state index < -0.39 is 9.04 Å². The van der Waals surface area contributed by atoms with E-state index in [4.69, 9.17) is 4.53 Å². The van der Waals surface area contributed by atoms with E-state index in [0.717, 1.165) is 0 Å². The Morgan fingerprint density at radius 3 is 2.90 bits per heavy atom. The van der Waals surface area contributed by atoms with Crippen LogP contribution in [-0.2, 0) is 4.53 Å². The number of hydrogen-bond donors (Lipinski definition) is 1. The molecule has 58 valence electrons. The fraction of sp³-hybridized carbons (Fsp3) is 0.714. The Kier molecular flexibility index (Phi) is 2.96. The Labute approximate surface area is 64.0 Å². The van der Waals surface area contributed by atoms with Crippen molar-refractivity contribution >= 4 is 9.04 Å². The molecule has 0 amide bonds. The fourth-order valence-corrected chi connectivity index (χ4v) is 1.34. The summed E-state index contributed by atoms with van der Waals surface area (Å²) in [6.07, 6.45) is 5.88. The zero-order valence-electron chi connectivity index (χ0n) is 6.68. The summed E-state index contributed by atoms with van der Waals surface area (Å²) >= 11 is 0. The minimum absolute atomic E-state index is 0.879. The molecule has 1 N–H and O–H groups in total. The summed E-state index contributed by atoms with van der Waals surface area (Å²) in [6, 6.07) is 0. The van der Waals surface area contributed by atoms with Gasteiger partial charge in [-0.05, 0) is 32.4 Å². The van der Waals surface area contributed by atoms with E-state index in [1.807, 2.05) is 0 Å². The van der Waals surface area contributed by atoms with Gasteiger partial charge < -0.3 is 4.53 Å². The summed E-state index contributed by atoms with van der Waals surface area (Å²) in [5.74, 6) is 0. The van der Waals surface area contributed by atoms with Crippen molar-refractivity contribution in [3.05, 3.63) is 11.8 Å². The van der Waals surface area contributed by atoms with E-state index >= 15 is 0 Å². The van der Waals surface area contributed by atoms with Crippen molar-refractivity contribution in [2.75, 3.05) is 0 Å². The summed E-state index contributed by atoms with van der Waals surface area (Å²) < 4.78 is 5.35. The normalized spacial score (nSPS) is 17.7. The summed E-state index contributed by atoms with van der Waals surface area (Å²) in [4.78, 5) is 0. The van der Waals surface area contributed by atoms with Crippen LogP contribution in [0.3, 0.4) is 0 Å². The number of nitrogens with one attached hydrogen (secondary N) is 1. The topological polar surface area (TPSA) is 21.3 Å². The highest BCUT2D eigenvalue weighted by Gasteiger charge is 2.04. The lowest BCUT2D eigenvalue weighted by Crippen LogP contribution is -2.20. The minimum atomic E-state index is -0.879. The van der Waals surface area contributed by atoms with Crippen LogP contribution in [0.25, 0.3) is 0 Å². The third-order valence-electron chi connectivity index (χ3n) is 1.47. The van der Waals surface area contributed by atoms with Gasteiger partial charge in [0, 0.05) is 5.70 Å². The zero-order chi connectivity index (χ0) is 7.40. The summed E-state index contributed by atoms with van der Waals surface area (Å²) in [7, 11) is -0.879. The van der Waals surface area contributed by atoms with Crippen molar-refractivity contribution in [2.45, 2.75) is 32.4 Å². The van der Waals surface area contributed by atoms with E-state index in [1.54, 1.807) is 0 Å². The molecule has 1 rings (SSSR count). The Hall–Kier alpha value is -0.283. The van der Waals surface area contributed by atoms with E-state index in [1.165, 1.54) is 25.0 Å². The van der Waals surface area contributed by atoms with Crippen LogP contribution in [0, 0.1) is 0 Å². The Morgan fingerprint density at radius 1 is 1.60 bits per heavy atom. The molecule has 0 fully saturated rings. The quantitative estimate of drug-likeness (QED) is 0.496. The molecule has 2 nitrogen and oxygen atoms in total. The van der Waals surface area contributed by atoms with Crippen molar-refractivity contribution in [3.8, 4) is 0 Å². The highest BCUT2D eigenvalue weighted by Crippen LogP contribution is 2.14. The van der Waals surface area contributed by atoms with Gasteiger partial charge in [-0.25, -0.2) is 0 Å². The van der Waals surface area contributed by atoms with Gasteiger partial charge in [-0.3, -0.25) is 5.48 Å². The Morgan fingerprint density at radius 2 is 2.40 bits per heavy atom. The molecular weight excluding hydrogens is 142 g/mol. The van der Waals surface area contributed by atoms with Crippen molar-refractivity contribution < 1.29 is 4.53 Å². The first kappa shape index (κ1) is 7.82. The molecule has 0 atom stereocenters. The van der Waals surface area contributed by atoms with Crippen molar-refractivity contribution in [2.24, 2.45) is 0 Å². The molecule has 0 aromatic rings. The monoisotopic (exact) mass is 157 g/mol. The van der Waals surface area contributed by atoms with Crippen molar-refractivity contribution in [3.63, 3.8) is 0 Å². The Balaban J connectivity index is 2.13. The lowest BCUT2D eigenvalue weighted by molar-refractivity contribution is 0.231. The van der Waals surface area contributed by atoms with Gasteiger partial charge in [-0.2, -0.15) is 0 Å². The molecule has 0 aromatic carbocycles. The highest BCUT2D eigenvalue weighted by atomic mass is 28.3. The van der Waals surface area contributed by atoms with E-state index in [9.17, 15) is 0 Å². The molecule has 0 radical (unpaired) electrons. The Bertz CT molecular complexity index is 134. The van der Waals surface area contributed by atoms with Gasteiger partial charge in [0.25, 0.3) is 0 Å². The average molecular weight is 157 g/mol. The largest absolute Gasteiger partial charge is 0.327 e. The van der Waals surface area contributed by atoms with E-state index in [0.29, 0.717) is 0 Å². The molecule has 0 aliphatic heterocycles. The number of rotatable bonds is 3. The average Bonchev–Trinajstić information content (AvgIpc) is 2.34. The molecule has 0 bridgehead atoms. The SMILES string of the molecule is C[SiH](C)ONC1=CCCC1. The molecule has 0 spiro atoms. The second-order valence-electron chi connectivity index (χ2n) is 2.89. The molecule has 0 heterocycles. The zero-order valence-corrected chi connectivity index (χ0v) is 7.84. The van der Waals surface area contributed by atoms with Gasteiger partial charge in [-0.1, -0.05) is 6.08 Å². The predicted octanol–water partition coefficient (Wildman–Crippen LogP) is 1.56. The van der Waals surface area contributed by atoms with Crippen LogP contribution in [0.2, 0.25) is 13.1 Å². The molecular formula is C7H15NOSi. The number of allylic oxidation sites excluding steroid dienone is 2. The molecule has 0 unspecified atom stereocenters. The van der Waals surface area contributed by atoms with Gasteiger partial charge in [0.1, 0.15) is 0 Å². The van der Waals surface area contributed by atoms with Crippen LogP contribution in [0.15, 0.2) is 11.8 Å². The summed E-state index contributed by atoms with van der Waals surface area (Å²) in [6.45, 7) is 4.31. The third kappa shape index (κ3) is 2.54. The number of hydroxylamine groups is 1. The van der Waals surface area contributed by atoms with Crippen molar-refractivity contribution in [1.29, 1.82) is 0 Å². The highest BCUT2D eigenvalue weighted by molar-refractivity contribution is 6.48. The minimum Gasteiger partial charge on any atom is -0.327 e. The van der Waals surface area contributed by atoms with Crippen molar-refractivity contribution in [1.82, 2.24) is 5.48 Å². The van der Waals surface area contributed by atoms with Crippen LogP contribution in [-0.4, -0.2) is 9.04 Å². The summed E-state index contributed by atoms with van der Waals surface area (Å²) in [5.41, 5.74) is 4.28. The molecule has 0 saturated carbocycles. The predicted molar refractivity (Wildman–Crippen MR) is 45.0 cm³/mol. The first-order valence-electron chi connectivity index (χ1n) is 3.90. The maximum atomic E-state index is 5.35. The van der Waals surface area contributed by atoms with Gasteiger partial charge in [0.05, 0.1) is 0 Å². The molecule has 1 aliphatic rings. The second kappa shape index (κ2) is 3.78. The van der Waals surface area contributed by atoms with E-state index in [-0.39, 0.29) is 0 Å². The standard InChI is InChI=1S/C7H15NOSi/c1-10(2)9-8-7-5-3-4-6-7/h5,8,10H,3-4,6H2,1-2H3. The molecule has 0 saturated heterocycles. The van der Waals surface area contributed by atoms with Crippen LogP contribution in [0.5, 0.6) is 0 Å². The molecule has 1 aliphatic carbocycles. The fourth-order valence-electron chi connectivity index (χ4n) is 0.957. The van der Waals surface area contributed by atoms with Gasteiger partial charge in [0.2, 0.25) is 9.04 Å². The maximum absolute atomic E-state index is 5.35. The van der Waals surface area contributed by atoms with Crippen LogP contribution in [0.1, 0.15) is 19.3 Å². The number of hydrogen-bond acceptors (Lipinski definition) is 2. The lowest BCUT2D eigenvalue weighted by atomic mass is 10.3. The van der Waals surface area contributed by atoms with Crippen LogP contribution < -0.4 is 5.48 Å². The summed E-state index contributed by atoms with van der Waals surface area (Å²) in [5, 5.41) is 0. The van der Waals surface area contributed by atoms with Crippen LogP contribution in [0.4, 0.5) is 0 Å². The first-order chi connectivity index (χ1) is 4.79. The van der Waals surface area contributed by atoms with Gasteiger partial charge in [0.15, 0.2) is 0 Å². The molecule has 10 heavy (non-hydrogen) atoms. The lowest BCUT2D eigenvalue weighted by Gasteiger charge is -2.09. The molecule has 3 heteroatoms. The molecule has 0 aromatic heterocycles. The third-order valence-corrected chi connectivity index (χ3v) is 2.06. The first-order valence-corrected chi connectivity index (χ1v) is 6.68. The van der Waals surface area contributed by atoms with Crippen LogP contribution >= 0.6 is 0 Å². The van der Waals surface area contributed by atoms with Gasteiger partial charge in [-0.15, -0.1) is 0 Å². The second-order valence-corrected chi connectivity index (χ2v) is 5.22.